The largest absolute Gasteiger partial charge is 0.351 e. The molecule has 0 radical (unpaired) electrons. The van der Waals surface area contributed by atoms with Gasteiger partial charge in [-0.3, -0.25) is 14.7 Å². The zero-order chi connectivity index (χ0) is 16.4. The lowest BCUT2D eigenvalue weighted by molar-refractivity contribution is -0.122. The van der Waals surface area contributed by atoms with E-state index in [1.807, 2.05) is 12.1 Å². The second-order valence-corrected chi connectivity index (χ2v) is 6.53. The minimum Gasteiger partial charge on any atom is -0.351 e. The number of carbonyl (C=O) groups excluding carboxylic acids is 1. The summed E-state index contributed by atoms with van der Waals surface area (Å²) in [6.45, 7) is 1.75. The van der Waals surface area contributed by atoms with Gasteiger partial charge in [-0.1, -0.05) is 11.2 Å². The lowest BCUT2D eigenvalue weighted by atomic mass is 10.2. The second-order valence-electron chi connectivity index (χ2n) is 6.53. The molecular weight excluding hydrogens is 306 g/mol. The summed E-state index contributed by atoms with van der Waals surface area (Å²) in [5.41, 5.74) is 0.996. The third-order valence-corrected chi connectivity index (χ3v) is 4.60. The number of pyridine rings is 1. The Kier molecular flexibility index (Phi) is 4.25. The minimum atomic E-state index is 0.0108. The summed E-state index contributed by atoms with van der Waals surface area (Å²) in [7, 11) is 0. The Morgan fingerprint density at radius 2 is 2.29 bits per heavy atom. The van der Waals surface area contributed by atoms with Gasteiger partial charge in [0.2, 0.25) is 11.8 Å². The first-order valence-electron chi connectivity index (χ1n) is 8.53. The molecule has 2 aliphatic rings. The SMILES string of the molecule is O=C(CN1CCCC1c1noc(C2CC2)n1)NCc1cccnc1. The molecule has 2 aromatic heterocycles. The number of carbonyl (C=O) groups is 1. The van der Waals surface area contributed by atoms with Crippen molar-refractivity contribution in [3.63, 3.8) is 0 Å². The molecule has 0 bridgehead atoms. The van der Waals surface area contributed by atoms with Gasteiger partial charge < -0.3 is 9.84 Å². The normalized spacial score (nSPS) is 21.1. The predicted molar refractivity (Wildman–Crippen MR) is 85.9 cm³/mol. The molecule has 7 heteroatoms. The standard InChI is InChI=1S/C17H21N5O2/c23-15(19-10-12-3-1-7-18-9-12)11-22-8-2-4-14(22)16-20-17(24-21-16)13-5-6-13/h1,3,7,9,13-14H,2,4-6,8,10-11H2,(H,19,23). The maximum absolute atomic E-state index is 12.2. The van der Waals surface area contributed by atoms with E-state index >= 15 is 0 Å². The summed E-state index contributed by atoms with van der Waals surface area (Å²) in [4.78, 5) is 23.0. The molecule has 1 saturated heterocycles. The van der Waals surface area contributed by atoms with Gasteiger partial charge in [0.1, 0.15) is 0 Å². The zero-order valence-corrected chi connectivity index (χ0v) is 13.5. The monoisotopic (exact) mass is 327 g/mol. The molecule has 1 N–H and O–H groups in total. The van der Waals surface area contributed by atoms with E-state index in [1.54, 1.807) is 12.4 Å². The van der Waals surface area contributed by atoms with Crippen molar-refractivity contribution in [3.8, 4) is 0 Å². The molecule has 1 unspecified atom stereocenters. The van der Waals surface area contributed by atoms with E-state index in [2.05, 4.69) is 25.3 Å². The van der Waals surface area contributed by atoms with Crippen molar-refractivity contribution in [1.82, 2.24) is 25.3 Å². The van der Waals surface area contributed by atoms with E-state index in [1.165, 1.54) is 0 Å². The number of hydrogen-bond donors (Lipinski definition) is 1. The topological polar surface area (TPSA) is 84.2 Å². The fourth-order valence-corrected chi connectivity index (χ4v) is 3.13. The van der Waals surface area contributed by atoms with Crippen LogP contribution in [-0.2, 0) is 11.3 Å². The number of rotatable bonds is 6. The summed E-state index contributed by atoms with van der Waals surface area (Å²) in [5, 5.41) is 7.09. The third kappa shape index (κ3) is 3.46. The number of nitrogens with zero attached hydrogens (tertiary/aromatic N) is 4. The Balaban J connectivity index is 1.33. The molecule has 24 heavy (non-hydrogen) atoms. The van der Waals surface area contributed by atoms with Crippen LogP contribution < -0.4 is 5.32 Å². The summed E-state index contributed by atoms with van der Waals surface area (Å²) < 4.78 is 5.36. The lowest BCUT2D eigenvalue weighted by Gasteiger charge is -2.21. The molecule has 2 fully saturated rings. The Hall–Kier alpha value is -2.28. The van der Waals surface area contributed by atoms with Gasteiger partial charge in [-0.25, -0.2) is 0 Å². The van der Waals surface area contributed by atoms with E-state index in [-0.39, 0.29) is 11.9 Å². The van der Waals surface area contributed by atoms with Crippen molar-refractivity contribution in [2.24, 2.45) is 0 Å². The van der Waals surface area contributed by atoms with Gasteiger partial charge in [0.05, 0.1) is 12.6 Å². The average molecular weight is 327 g/mol. The fraction of sp³-hybridized carbons (Fsp3) is 0.529. The molecule has 1 saturated carbocycles. The van der Waals surface area contributed by atoms with Crippen LogP contribution in [0.4, 0.5) is 0 Å². The minimum absolute atomic E-state index is 0.0108. The summed E-state index contributed by atoms with van der Waals surface area (Å²) >= 11 is 0. The third-order valence-electron chi connectivity index (χ3n) is 4.60. The summed E-state index contributed by atoms with van der Waals surface area (Å²) in [6, 6.07) is 3.90. The Labute approximate surface area is 140 Å². The molecule has 3 heterocycles. The van der Waals surface area contributed by atoms with Crippen molar-refractivity contribution in [3.05, 3.63) is 41.8 Å². The summed E-state index contributed by atoms with van der Waals surface area (Å²) in [5.74, 6) is 1.97. The van der Waals surface area contributed by atoms with Gasteiger partial charge in [-0.2, -0.15) is 4.98 Å². The molecule has 4 rings (SSSR count). The van der Waals surface area contributed by atoms with Gasteiger partial charge in [0.15, 0.2) is 5.82 Å². The first-order chi connectivity index (χ1) is 11.8. The molecule has 2 aromatic rings. The van der Waals surface area contributed by atoms with Gasteiger partial charge in [-0.15, -0.1) is 0 Å². The van der Waals surface area contributed by atoms with Crippen LogP contribution in [0.2, 0.25) is 0 Å². The number of hydrogen-bond acceptors (Lipinski definition) is 6. The van der Waals surface area contributed by atoms with Crippen LogP contribution in [0.3, 0.4) is 0 Å². The van der Waals surface area contributed by atoms with Gasteiger partial charge in [0.25, 0.3) is 0 Å². The smallest absolute Gasteiger partial charge is 0.234 e. The first-order valence-corrected chi connectivity index (χ1v) is 8.53. The van der Waals surface area contributed by atoms with E-state index in [4.69, 9.17) is 4.52 Å². The Morgan fingerprint density at radius 3 is 3.08 bits per heavy atom. The molecule has 7 nitrogen and oxygen atoms in total. The molecule has 0 aromatic carbocycles. The number of nitrogens with one attached hydrogen (secondary N) is 1. The Bertz CT molecular complexity index is 698. The molecule has 1 aliphatic heterocycles. The molecule has 1 atom stereocenters. The van der Waals surface area contributed by atoms with Crippen LogP contribution in [0.1, 0.15) is 54.9 Å². The average Bonchev–Trinajstić information content (AvgIpc) is 3.16. The highest BCUT2D eigenvalue weighted by atomic mass is 16.5. The first kappa shape index (κ1) is 15.3. The highest BCUT2D eigenvalue weighted by molar-refractivity contribution is 5.78. The number of amides is 1. The van der Waals surface area contributed by atoms with Gasteiger partial charge >= 0.3 is 0 Å². The highest BCUT2D eigenvalue weighted by Gasteiger charge is 2.34. The lowest BCUT2D eigenvalue weighted by Crippen LogP contribution is -2.36. The quantitative estimate of drug-likeness (QED) is 0.871. The second kappa shape index (κ2) is 6.68. The predicted octanol–water partition coefficient (Wildman–Crippen LogP) is 1.80. The van der Waals surface area contributed by atoms with Crippen molar-refractivity contribution in [1.29, 1.82) is 0 Å². The van der Waals surface area contributed by atoms with Gasteiger partial charge in [-0.05, 0) is 43.9 Å². The summed E-state index contributed by atoms with van der Waals surface area (Å²) in [6.07, 6.45) is 7.80. The van der Waals surface area contributed by atoms with Crippen LogP contribution in [0, 0.1) is 0 Å². The highest BCUT2D eigenvalue weighted by Crippen LogP contribution is 2.40. The molecular formula is C17H21N5O2. The maximum Gasteiger partial charge on any atom is 0.234 e. The molecule has 1 aliphatic carbocycles. The van der Waals surface area contributed by atoms with E-state index < -0.39 is 0 Å². The zero-order valence-electron chi connectivity index (χ0n) is 13.5. The maximum atomic E-state index is 12.2. The van der Waals surface area contributed by atoms with Crippen LogP contribution in [0.5, 0.6) is 0 Å². The molecule has 126 valence electrons. The van der Waals surface area contributed by atoms with Crippen molar-refractivity contribution in [2.45, 2.75) is 44.2 Å². The molecule has 1 amide bonds. The van der Waals surface area contributed by atoms with E-state index in [0.29, 0.717) is 19.0 Å². The van der Waals surface area contributed by atoms with Crippen LogP contribution in [0.15, 0.2) is 29.0 Å². The van der Waals surface area contributed by atoms with Crippen molar-refractivity contribution >= 4 is 5.91 Å². The van der Waals surface area contributed by atoms with E-state index in [9.17, 15) is 4.79 Å². The van der Waals surface area contributed by atoms with Gasteiger partial charge in [0, 0.05) is 24.9 Å². The van der Waals surface area contributed by atoms with Crippen LogP contribution >= 0.6 is 0 Å². The van der Waals surface area contributed by atoms with Crippen molar-refractivity contribution in [2.75, 3.05) is 13.1 Å². The number of likely N-dealkylation sites (tertiary alicyclic amines) is 1. The Morgan fingerprint density at radius 1 is 1.38 bits per heavy atom. The molecule has 0 spiro atoms. The van der Waals surface area contributed by atoms with E-state index in [0.717, 1.165) is 49.5 Å². The number of aromatic nitrogens is 3. The van der Waals surface area contributed by atoms with Crippen LogP contribution in [0.25, 0.3) is 0 Å². The fourth-order valence-electron chi connectivity index (χ4n) is 3.13. The van der Waals surface area contributed by atoms with Crippen molar-refractivity contribution < 1.29 is 9.32 Å². The van der Waals surface area contributed by atoms with Crippen LogP contribution in [-0.4, -0.2) is 39.0 Å².